The maximum absolute atomic E-state index is 12.2. The molecule has 0 saturated carbocycles. The monoisotopic (exact) mass is 290 g/mol. The Balaban J connectivity index is 2.72. The van der Waals surface area contributed by atoms with Crippen molar-refractivity contribution in [1.82, 2.24) is 5.32 Å². The number of amides is 1. The highest BCUT2D eigenvalue weighted by Crippen LogP contribution is 2.29. The van der Waals surface area contributed by atoms with Gasteiger partial charge in [-0.3, -0.25) is 4.79 Å². The molecule has 0 fully saturated rings. The quantitative estimate of drug-likeness (QED) is 0.802. The zero-order valence-electron chi connectivity index (χ0n) is 13.9. The Morgan fingerprint density at radius 1 is 1.24 bits per heavy atom. The molecule has 0 aliphatic rings. The van der Waals surface area contributed by atoms with Crippen LogP contribution in [0.15, 0.2) is 30.3 Å². The predicted octanol–water partition coefficient (Wildman–Crippen LogP) is 3.80. The summed E-state index contributed by atoms with van der Waals surface area (Å²) in [6, 6.07) is 10.2. The molecule has 3 nitrogen and oxygen atoms in total. The molecule has 118 valence electrons. The number of rotatable bonds is 7. The molecule has 0 aliphatic heterocycles. The highest BCUT2D eigenvalue weighted by atomic mass is 16.1. The van der Waals surface area contributed by atoms with E-state index < -0.39 is 0 Å². The molecule has 0 saturated heterocycles. The normalized spacial score (nSPS) is 14.5. The molecule has 1 rings (SSSR count). The lowest BCUT2D eigenvalue weighted by atomic mass is 9.85. The molecule has 0 spiro atoms. The van der Waals surface area contributed by atoms with Gasteiger partial charge in [-0.25, -0.2) is 0 Å². The van der Waals surface area contributed by atoms with E-state index in [9.17, 15) is 4.79 Å². The number of hydrogen-bond acceptors (Lipinski definition) is 2. The van der Waals surface area contributed by atoms with E-state index in [-0.39, 0.29) is 23.4 Å². The average Bonchev–Trinajstić information content (AvgIpc) is 2.37. The molecule has 2 unspecified atom stereocenters. The standard InChI is InChI=1S/C18H30N2O/c1-5-9-15(19)12-17(21)20-16(13-18(2,3)4)14-10-7-6-8-11-14/h6-8,10-11,15-16H,5,9,12-13,19H2,1-4H3,(H,20,21). The van der Waals surface area contributed by atoms with Crippen LogP contribution in [0.5, 0.6) is 0 Å². The lowest BCUT2D eigenvalue weighted by Gasteiger charge is -2.27. The molecule has 0 aromatic heterocycles. The summed E-state index contributed by atoms with van der Waals surface area (Å²) in [5.41, 5.74) is 7.28. The zero-order valence-corrected chi connectivity index (χ0v) is 13.9. The Labute approximate surface area is 129 Å². The molecule has 21 heavy (non-hydrogen) atoms. The summed E-state index contributed by atoms with van der Waals surface area (Å²) in [6.07, 6.45) is 3.22. The van der Waals surface area contributed by atoms with E-state index in [2.05, 4.69) is 45.1 Å². The second kappa shape index (κ2) is 8.18. The van der Waals surface area contributed by atoms with E-state index in [0.29, 0.717) is 6.42 Å². The molecule has 3 N–H and O–H groups in total. The predicted molar refractivity (Wildman–Crippen MR) is 88.9 cm³/mol. The average molecular weight is 290 g/mol. The largest absolute Gasteiger partial charge is 0.349 e. The molecule has 0 radical (unpaired) electrons. The minimum absolute atomic E-state index is 0.0407. The van der Waals surface area contributed by atoms with Crippen LogP contribution in [0.3, 0.4) is 0 Å². The van der Waals surface area contributed by atoms with Crippen LogP contribution >= 0.6 is 0 Å². The van der Waals surface area contributed by atoms with Gasteiger partial charge in [0.05, 0.1) is 6.04 Å². The topological polar surface area (TPSA) is 55.1 Å². The fourth-order valence-corrected chi connectivity index (χ4v) is 2.51. The fraction of sp³-hybridized carbons (Fsp3) is 0.611. The van der Waals surface area contributed by atoms with E-state index in [4.69, 9.17) is 5.73 Å². The lowest BCUT2D eigenvalue weighted by molar-refractivity contribution is -0.122. The third-order valence-corrected chi connectivity index (χ3v) is 3.46. The molecule has 0 heterocycles. The van der Waals surface area contributed by atoms with E-state index in [1.54, 1.807) is 0 Å². The third kappa shape index (κ3) is 7.28. The van der Waals surface area contributed by atoms with Gasteiger partial charge in [-0.1, -0.05) is 64.4 Å². The Bertz CT molecular complexity index is 423. The van der Waals surface area contributed by atoms with Gasteiger partial charge in [0.2, 0.25) is 5.91 Å². The van der Waals surface area contributed by atoms with Crippen molar-refractivity contribution in [2.75, 3.05) is 0 Å². The molecule has 0 aliphatic carbocycles. The van der Waals surface area contributed by atoms with Gasteiger partial charge in [-0.15, -0.1) is 0 Å². The second-order valence-electron chi connectivity index (χ2n) is 7.05. The summed E-state index contributed by atoms with van der Waals surface area (Å²) < 4.78 is 0. The fourth-order valence-electron chi connectivity index (χ4n) is 2.51. The van der Waals surface area contributed by atoms with Crippen LogP contribution in [0.1, 0.15) is 65.0 Å². The Kier molecular flexibility index (Phi) is 6.90. The maximum atomic E-state index is 12.2. The minimum atomic E-state index is -0.0407. The zero-order chi connectivity index (χ0) is 15.9. The Morgan fingerprint density at radius 2 is 1.86 bits per heavy atom. The van der Waals surface area contributed by atoms with Gasteiger partial charge < -0.3 is 11.1 Å². The number of carbonyl (C=O) groups is 1. The van der Waals surface area contributed by atoms with Gasteiger partial charge in [-0.2, -0.15) is 0 Å². The summed E-state index contributed by atoms with van der Waals surface area (Å²) in [6.45, 7) is 8.66. The van der Waals surface area contributed by atoms with Crippen molar-refractivity contribution in [1.29, 1.82) is 0 Å². The van der Waals surface area contributed by atoms with Gasteiger partial charge in [0.1, 0.15) is 0 Å². The Hall–Kier alpha value is -1.35. The van der Waals surface area contributed by atoms with E-state index in [1.807, 2.05) is 18.2 Å². The van der Waals surface area contributed by atoms with Crippen LogP contribution in [-0.4, -0.2) is 11.9 Å². The summed E-state index contributed by atoms with van der Waals surface area (Å²) in [7, 11) is 0. The first kappa shape index (κ1) is 17.7. The Morgan fingerprint density at radius 3 is 2.38 bits per heavy atom. The van der Waals surface area contributed by atoms with Crippen molar-refractivity contribution in [2.24, 2.45) is 11.1 Å². The first-order valence-corrected chi connectivity index (χ1v) is 7.91. The first-order valence-electron chi connectivity index (χ1n) is 7.91. The van der Waals surface area contributed by atoms with Crippen molar-refractivity contribution >= 4 is 5.91 Å². The molecule has 1 amide bonds. The van der Waals surface area contributed by atoms with Crippen molar-refractivity contribution in [3.63, 3.8) is 0 Å². The number of nitrogens with two attached hydrogens (primary N) is 1. The van der Waals surface area contributed by atoms with Crippen molar-refractivity contribution in [3.05, 3.63) is 35.9 Å². The van der Waals surface area contributed by atoms with Gasteiger partial charge >= 0.3 is 0 Å². The van der Waals surface area contributed by atoms with Gasteiger partial charge in [0.25, 0.3) is 0 Å². The molecular formula is C18H30N2O. The smallest absolute Gasteiger partial charge is 0.222 e. The maximum Gasteiger partial charge on any atom is 0.222 e. The minimum Gasteiger partial charge on any atom is -0.349 e. The number of carbonyl (C=O) groups excluding carboxylic acids is 1. The van der Waals surface area contributed by atoms with Gasteiger partial charge in [0.15, 0.2) is 0 Å². The number of nitrogens with one attached hydrogen (secondary N) is 1. The molecule has 1 aromatic rings. The van der Waals surface area contributed by atoms with Gasteiger partial charge in [0, 0.05) is 12.5 Å². The summed E-state index contributed by atoms with van der Waals surface area (Å²) in [4.78, 5) is 12.2. The first-order chi connectivity index (χ1) is 9.81. The van der Waals surface area contributed by atoms with Gasteiger partial charge in [-0.05, 0) is 23.8 Å². The van der Waals surface area contributed by atoms with Crippen LogP contribution in [0.25, 0.3) is 0 Å². The highest BCUT2D eigenvalue weighted by Gasteiger charge is 2.22. The van der Waals surface area contributed by atoms with Crippen LogP contribution in [0.2, 0.25) is 0 Å². The molecule has 1 aromatic carbocycles. The number of benzene rings is 1. The van der Waals surface area contributed by atoms with Crippen molar-refractivity contribution in [2.45, 2.75) is 65.5 Å². The molecule has 3 heteroatoms. The van der Waals surface area contributed by atoms with E-state index in [1.165, 1.54) is 0 Å². The van der Waals surface area contributed by atoms with Crippen LogP contribution in [0.4, 0.5) is 0 Å². The summed E-state index contributed by atoms with van der Waals surface area (Å²) in [5, 5.41) is 3.16. The third-order valence-electron chi connectivity index (χ3n) is 3.46. The summed E-state index contributed by atoms with van der Waals surface area (Å²) >= 11 is 0. The van der Waals surface area contributed by atoms with E-state index >= 15 is 0 Å². The van der Waals surface area contributed by atoms with Crippen LogP contribution in [0, 0.1) is 5.41 Å². The number of hydrogen-bond donors (Lipinski definition) is 2. The molecular weight excluding hydrogens is 260 g/mol. The lowest BCUT2D eigenvalue weighted by Crippen LogP contribution is -2.35. The highest BCUT2D eigenvalue weighted by molar-refractivity contribution is 5.77. The van der Waals surface area contributed by atoms with Crippen molar-refractivity contribution in [3.8, 4) is 0 Å². The van der Waals surface area contributed by atoms with E-state index in [0.717, 1.165) is 24.8 Å². The molecule has 2 atom stereocenters. The second-order valence-corrected chi connectivity index (χ2v) is 7.05. The summed E-state index contributed by atoms with van der Waals surface area (Å²) in [5.74, 6) is 0.0500. The SMILES string of the molecule is CCCC(N)CC(=O)NC(CC(C)(C)C)c1ccccc1. The van der Waals surface area contributed by atoms with Crippen molar-refractivity contribution < 1.29 is 4.79 Å². The van der Waals surface area contributed by atoms with Crippen LogP contribution in [-0.2, 0) is 4.79 Å². The van der Waals surface area contributed by atoms with Crippen LogP contribution < -0.4 is 11.1 Å². The molecule has 0 bridgehead atoms.